The first-order valence-corrected chi connectivity index (χ1v) is 8.59. The maximum atomic E-state index is 12.1. The maximum Gasteiger partial charge on any atom is 0.262 e. The van der Waals surface area contributed by atoms with Crippen molar-refractivity contribution in [3.8, 4) is 5.75 Å². The van der Waals surface area contributed by atoms with Gasteiger partial charge in [0.25, 0.3) is 5.91 Å². The molecule has 23 heavy (non-hydrogen) atoms. The summed E-state index contributed by atoms with van der Waals surface area (Å²) in [7, 11) is 0. The van der Waals surface area contributed by atoms with Crippen LogP contribution in [0.25, 0.3) is 0 Å². The first-order chi connectivity index (χ1) is 10.9. The van der Waals surface area contributed by atoms with Crippen LogP contribution in [0, 0.1) is 0 Å². The molecule has 0 atom stereocenters. The van der Waals surface area contributed by atoms with Gasteiger partial charge in [0.15, 0.2) is 6.61 Å². The van der Waals surface area contributed by atoms with Crippen LogP contribution in [0.3, 0.4) is 0 Å². The molecule has 2 rings (SSSR count). The normalized spacial score (nSPS) is 10.7. The minimum atomic E-state index is -0.299. The van der Waals surface area contributed by atoms with Crippen LogP contribution in [0.4, 0.5) is 5.69 Å². The molecular formula is C17H16BrCl2NO2. The molecule has 2 aromatic carbocycles. The molecule has 1 N–H and O–H groups in total. The van der Waals surface area contributed by atoms with Crippen LogP contribution in [0.2, 0.25) is 10.0 Å². The van der Waals surface area contributed by atoms with Gasteiger partial charge in [-0.05, 0) is 41.8 Å². The predicted molar refractivity (Wildman–Crippen MR) is 98.8 cm³/mol. The quantitative estimate of drug-likeness (QED) is 0.659. The zero-order valence-corrected chi connectivity index (χ0v) is 15.8. The molecule has 6 heteroatoms. The average molecular weight is 417 g/mol. The highest BCUT2D eigenvalue weighted by molar-refractivity contribution is 9.10. The van der Waals surface area contributed by atoms with E-state index in [1.165, 1.54) is 0 Å². The molecule has 0 aliphatic rings. The number of carbonyl (C=O) groups is 1. The van der Waals surface area contributed by atoms with Crippen molar-refractivity contribution in [2.24, 2.45) is 0 Å². The van der Waals surface area contributed by atoms with E-state index in [2.05, 4.69) is 35.1 Å². The molecule has 0 saturated heterocycles. The van der Waals surface area contributed by atoms with Crippen LogP contribution in [0.15, 0.2) is 40.9 Å². The molecule has 0 radical (unpaired) electrons. The van der Waals surface area contributed by atoms with Crippen molar-refractivity contribution in [3.05, 3.63) is 56.5 Å². The third-order valence-electron chi connectivity index (χ3n) is 3.18. The monoisotopic (exact) mass is 415 g/mol. The Kier molecular flexibility index (Phi) is 6.33. The van der Waals surface area contributed by atoms with Crippen molar-refractivity contribution < 1.29 is 9.53 Å². The smallest absolute Gasteiger partial charge is 0.262 e. The third kappa shape index (κ3) is 4.87. The summed E-state index contributed by atoms with van der Waals surface area (Å²) in [5.74, 6) is 0.676. The number of rotatable bonds is 5. The highest BCUT2D eigenvalue weighted by Crippen LogP contribution is 2.31. The number of carbonyl (C=O) groups excluding carboxylic acids is 1. The lowest BCUT2D eigenvalue weighted by Gasteiger charge is -2.15. The van der Waals surface area contributed by atoms with Gasteiger partial charge in [-0.25, -0.2) is 0 Å². The topological polar surface area (TPSA) is 38.3 Å². The van der Waals surface area contributed by atoms with Crippen molar-refractivity contribution >= 4 is 50.7 Å². The lowest BCUT2D eigenvalue weighted by atomic mass is 10.0. The number of amides is 1. The number of benzene rings is 2. The average Bonchev–Trinajstić information content (AvgIpc) is 2.50. The first kappa shape index (κ1) is 18.1. The minimum Gasteiger partial charge on any atom is -0.483 e. The zero-order chi connectivity index (χ0) is 17.0. The van der Waals surface area contributed by atoms with E-state index >= 15 is 0 Å². The Bertz CT molecular complexity index is 720. The van der Waals surface area contributed by atoms with Gasteiger partial charge in [0.2, 0.25) is 0 Å². The molecule has 0 spiro atoms. The summed E-state index contributed by atoms with van der Waals surface area (Å²) in [6, 6.07) is 10.8. The largest absolute Gasteiger partial charge is 0.483 e. The van der Waals surface area contributed by atoms with E-state index in [0.717, 1.165) is 10.0 Å². The van der Waals surface area contributed by atoms with Gasteiger partial charge in [-0.2, -0.15) is 0 Å². The molecule has 0 fully saturated rings. The third-order valence-corrected chi connectivity index (χ3v) is 4.49. The summed E-state index contributed by atoms with van der Waals surface area (Å²) in [5.41, 5.74) is 1.50. The molecule has 0 bridgehead atoms. The highest BCUT2D eigenvalue weighted by atomic mass is 79.9. The van der Waals surface area contributed by atoms with Crippen molar-refractivity contribution in [2.75, 3.05) is 11.9 Å². The number of hydrogen-bond acceptors (Lipinski definition) is 2. The van der Waals surface area contributed by atoms with Gasteiger partial charge in [-0.15, -0.1) is 0 Å². The fourth-order valence-electron chi connectivity index (χ4n) is 2.03. The SMILES string of the molecule is CC(C)c1cc(Br)ccc1OCC(=O)Nc1cccc(Cl)c1Cl. The summed E-state index contributed by atoms with van der Waals surface area (Å²) >= 11 is 15.4. The molecule has 1 amide bonds. The van der Waals surface area contributed by atoms with E-state index in [9.17, 15) is 4.79 Å². The number of anilines is 1. The summed E-state index contributed by atoms with van der Waals surface area (Å²) in [6.07, 6.45) is 0. The van der Waals surface area contributed by atoms with E-state index in [-0.39, 0.29) is 18.4 Å². The van der Waals surface area contributed by atoms with Gasteiger partial charge in [-0.1, -0.05) is 59.0 Å². The number of hydrogen-bond donors (Lipinski definition) is 1. The van der Waals surface area contributed by atoms with Gasteiger partial charge in [0.05, 0.1) is 15.7 Å². The summed E-state index contributed by atoms with van der Waals surface area (Å²) in [6.45, 7) is 4.03. The van der Waals surface area contributed by atoms with Crippen molar-refractivity contribution in [1.29, 1.82) is 0 Å². The fraction of sp³-hybridized carbons (Fsp3) is 0.235. The lowest BCUT2D eigenvalue weighted by molar-refractivity contribution is -0.118. The summed E-state index contributed by atoms with van der Waals surface area (Å²) < 4.78 is 6.62. The van der Waals surface area contributed by atoms with Crippen LogP contribution in [0.1, 0.15) is 25.3 Å². The van der Waals surface area contributed by atoms with Crippen LogP contribution in [-0.2, 0) is 4.79 Å². The Morgan fingerprint density at radius 2 is 2.00 bits per heavy atom. The van der Waals surface area contributed by atoms with E-state index in [4.69, 9.17) is 27.9 Å². The molecule has 0 aliphatic heterocycles. The molecule has 0 heterocycles. The highest BCUT2D eigenvalue weighted by Gasteiger charge is 2.12. The van der Waals surface area contributed by atoms with Gasteiger partial charge in [0.1, 0.15) is 5.75 Å². The standard InChI is InChI=1S/C17H16BrCl2NO2/c1-10(2)12-8-11(18)6-7-15(12)23-9-16(22)21-14-5-3-4-13(19)17(14)20/h3-8,10H,9H2,1-2H3,(H,21,22). The second kappa shape index (κ2) is 8.04. The zero-order valence-electron chi connectivity index (χ0n) is 12.7. The lowest BCUT2D eigenvalue weighted by Crippen LogP contribution is -2.20. The van der Waals surface area contributed by atoms with E-state index < -0.39 is 0 Å². The van der Waals surface area contributed by atoms with E-state index in [0.29, 0.717) is 21.5 Å². The van der Waals surface area contributed by atoms with Crippen molar-refractivity contribution in [1.82, 2.24) is 0 Å². The molecular weight excluding hydrogens is 401 g/mol. The molecule has 2 aromatic rings. The van der Waals surface area contributed by atoms with E-state index in [1.54, 1.807) is 18.2 Å². The Balaban J connectivity index is 2.04. The fourth-order valence-corrected chi connectivity index (χ4v) is 2.76. The molecule has 3 nitrogen and oxygen atoms in total. The molecule has 0 saturated carbocycles. The van der Waals surface area contributed by atoms with Crippen LogP contribution >= 0.6 is 39.1 Å². The van der Waals surface area contributed by atoms with Crippen molar-refractivity contribution in [2.45, 2.75) is 19.8 Å². The van der Waals surface area contributed by atoms with Gasteiger partial charge in [0, 0.05) is 4.47 Å². The predicted octanol–water partition coefficient (Wildman–Crippen LogP) is 5.90. The summed E-state index contributed by atoms with van der Waals surface area (Å²) in [5, 5.41) is 3.39. The number of ether oxygens (including phenoxy) is 1. The Morgan fingerprint density at radius 3 is 2.70 bits per heavy atom. The van der Waals surface area contributed by atoms with Crippen LogP contribution in [0.5, 0.6) is 5.75 Å². The minimum absolute atomic E-state index is 0.107. The van der Waals surface area contributed by atoms with Crippen LogP contribution < -0.4 is 10.1 Å². The Morgan fingerprint density at radius 1 is 1.26 bits per heavy atom. The maximum absolute atomic E-state index is 12.1. The molecule has 0 aliphatic carbocycles. The Hall–Kier alpha value is -1.23. The van der Waals surface area contributed by atoms with Crippen LogP contribution in [-0.4, -0.2) is 12.5 Å². The van der Waals surface area contributed by atoms with Gasteiger partial charge < -0.3 is 10.1 Å². The van der Waals surface area contributed by atoms with Gasteiger partial charge in [-0.3, -0.25) is 4.79 Å². The van der Waals surface area contributed by atoms with E-state index in [1.807, 2.05) is 18.2 Å². The van der Waals surface area contributed by atoms with Gasteiger partial charge >= 0.3 is 0 Å². The molecule has 0 unspecified atom stereocenters. The number of halogens is 3. The molecule has 122 valence electrons. The first-order valence-electron chi connectivity index (χ1n) is 7.04. The Labute approximate surface area is 154 Å². The second-order valence-electron chi connectivity index (χ2n) is 5.28. The molecule has 0 aromatic heterocycles. The summed E-state index contributed by atoms with van der Waals surface area (Å²) in [4.78, 5) is 12.1. The van der Waals surface area contributed by atoms with Crippen molar-refractivity contribution in [3.63, 3.8) is 0 Å². The number of nitrogens with one attached hydrogen (secondary N) is 1. The second-order valence-corrected chi connectivity index (χ2v) is 6.98.